The lowest BCUT2D eigenvalue weighted by atomic mass is 9.72. The van der Waals surface area contributed by atoms with Crippen LogP contribution in [-0.4, -0.2) is 25.2 Å². The van der Waals surface area contributed by atoms with Crippen molar-refractivity contribution in [1.29, 1.82) is 0 Å². The van der Waals surface area contributed by atoms with Crippen molar-refractivity contribution in [3.8, 4) is 11.5 Å². The van der Waals surface area contributed by atoms with E-state index in [1.54, 1.807) is 14.2 Å². The van der Waals surface area contributed by atoms with Crippen molar-refractivity contribution >= 4 is 11.7 Å². The minimum absolute atomic E-state index is 0.136. The van der Waals surface area contributed by atoms with E-state index in [9.17, 15) is 4.79 Å². The van der Waals surface area contributed by atoms with Crippen LogP contribution in [0.2, 0.25) is 0 Å². The standard InChI is InChI=1S/C25H24N2O4/c1-14-22-23(16-9-10-20(29-2)21(13-16)30-3)24-18(26-25(22)31-27-14)11-17(12-19(24)28)15-7-5-4-6-8-15/h4-10,13,17,23,26H,11-12H2,1-3H3/t17-,23+/m1/s1. The number of ketones is 1. The molecule has 0 radical (unpaired) electrons. The molecule has 0 unspecified atom stereocenters. The molecule has 3 aromatic rings. The number of fused-ring (bicyclic) bond motifs is 1. The molecule has 5 rings (SSSR count). The summed E-state index contributed by atoms with van der Waals surface area (Å²) in [4.78, 5) is 13.5. The summed E-state index contributed by atoms with van der Waals surface area (Å²) in [6, 6.07) is 16.0. The first-order valence-corrected chi connectivity index (χ1v) is 10.4. The maximum absolute atomic E-state index is 13.5. The van der Waals surface area contributed by atoms with E-state index in [0.29, 0.717) is 23.8 Å². The smallest absolute Gasteiger partial charge is 0.233 e. The average Bonchev–Trinajstić information content (AvgIpc) is 3.17. The van der Waals surface area contributed by atoms with E-state index in [-0.39, 0.29) is 17.6 Å². The lowest BCUT2D eigenvalue weighted by Crippen LogP contribution is -2.29. The molecule has 1 aromatic heterocycles. The van der Waals surface area contributed by atoms with Crippen molar-refractivity contribution in [2.45, 2.75) is 31.6 Å². The Balaban J connectivity index is 1.63. The summed E-state index contributed by atoms with van der Waals surface area (Å²) < 4.78 is 16.5. The minimum Gasteiger partial charge on any atom is -0.493 e. The normalized spacial score (nSPS) is 20.0. The molecule has 6 heteroatoms. The van der Waals surface area contributed by atoms with Crippen LogP contribution in [0, 0.1) is 6.92 Å². The van der Waals surface area contributed by atoms with Crippen molar-refractivity contribution in [2.24, 2.45) is 0 Å². The molecule has 1 N–H and O–H groups in total. The Hall–Kier alpha value is -3.54. The van der Waals surface area contributed by atoms with Gasteiger partial charge in [0, 0.05) is 23.6 Å². The minimum atomic E-state index is -0.262. The number of carbonyl (C=O) groups is 1. The SMILES string of the molecule is COc1ccc([C@@H]2C3=C(C[C@@H](c4ccccc4)CC3=O)Nc3onc(C)c32)cc1OC. The molecule has 2 atom stereocenters. The summed E-state index contributed by atoms with van der Waals surface area (Å²) in [6.07, 6.45) is 1.22. The van der Waals surface area contributed by atoms with Crippen LogP contribution >= 0.6 is 0 Å². The summed E-state index contributed by atoms with van der Waals surface area (Å²) in [5, 5.41) is 7.55. The number of methoxy groups -OCH3 is 2. The predicted octanol–water partition coefficient (Wildman–Crippen LogP) is 4.96. The molecule has 0 bridgehead atoms. The van der Waals surface area contributed by atoms with Gasteiger partial charge in [0.05, 0.1) is 25.5 Å². The van der Waals surface area contributed by atoms with Crippen molar-refractivity contribution in [1.82, 2.24) is 5.16 Å². The first kappa shape index (κ1) is 19.4. The van der Waals surface area contributed by atoms with Crippen LogP contribution in [0.25, 0.3) is 0 Å². The zero-order chi connectivity index (χ0) is 21.5. The first-order valence-electron chi connectivity index (χ1n) is 10.4. The molecular formula is C25H24N2O4. The van der Waals surface area contributed by atoms with Crippen molar-refractivity contribution in [3.63, 3.8) is 0 Å². The molecule has 0 saturated heterocycles. The second kappa shape index (κ2) is 7.61. The van der Waals surface area contributed by atoms with E-state index in [2.05, 4.69) is 22.6 Å². The number of carbonyl (C=O) groups excluding carboxylic acids is 1. The number of hydrogen-bond acceptors (Lipinski definition) is 6. The van der Waals surface area contributed by atoms with Gasteiger partial charge in [0.1, 0.15) is 0 Å². The number of Topliss-reactive ketones (excluding diaryl/α,β-unsaturated/α-hetero) is 1. The van der Waals surface area contributed by atoms with E-state index >= 15 is 0 Å². The molecule has 0 amide bonds. The quantitative estimate of drug-likeness (QED) is 0.648. The average molecular weight is 416 g/mol. The number of anilines is 1. The number of hydrogen-bond donors (Lipinski definition) is 1. The Bertz CT molecular complexity index is 1180. The number of aryl methyl sites for hydroxylation is 1. The van der Waals surface area contributed by atoms with Gasteiger partial charge in [0.2, 0.25) is 5.88 Å². The van der Waals surface area contributed by atoms with Gasteiger partial charge in [0.15, 0.2) is 17.3 Å². The fourth-order valence-corrected chi connectivity index (χ4v) is 4.80. The van der Waals surface area contributed by atoms with Gasteiger partial charge in [-0.1, -0.05) is 41.6 Å². The van der Waals surface area contributed by atoms with Crippen LogP contribution in [0.4, 0.5) is 5.88 Å². The van der Waals surface area contributed by atoms with Gasteiger partial charge in [-0.2, -0.15) is 0 Å². The molecule has 0 spiro atoms. The number of benzene rings is 2. The molecule has 0 saturated carbocycles. The molecule has 1 aliphatic heterocycles. The number of allylic oxidation sites excluding steroid dienone is 2. The summed E-state index contributed by atoms with van der Waals surface area (Å²) in [5.74, 6) is 1.90. The lowest BCUT2D eigenvalue weighted by molar-refractivity contribution is -0.116. The molecule has 31 heavy (non-hydrogen) atoms. The summed E-state index contributed by atoms with van der Waals surface area (Å²) in [5.41, 5.74) is 5.49. The second-order valence-corrected chi connectivity index (χ2v) is 8.01. The van der Waals surface area contributed by atoms with E-state index in [1.807, 2.05) is 43.3 Å². The second-order valence-electron chi connectivity index (χ2n) is 8.01. The molecular weight excluding hydrogens is 392 g/mol. The highest BCUT2D eigenvalue weighted by Gasteiger charge is 2.41. The van der Waals surface area contributed by atoms with Crippen LogP contribution in [0.5, 0.6) is 11.5 Å². The Morgan fingerprint density at radius 3 is 2.52 bits per heavy atom. The van der Waals surface area contributed by atoms with Crippen LogP contribution in [0.15, 0.2) is 64.3 Å². The Morgan fingerprint density at radius 1 is 1.00 bits per heavy atom. The number of nitrogens with zero attached hydrogens (tertiary/aromatic N) is 1. The number of ether oxygens (including phenoxy) is 2. The number of rotatable bonds is 4. The molecule has 1 aliphatic carbocycles. The monoisotopic (exact) mass is 416 g/mol. The molecule has 0 fully saturated rings. The maximum Gasteiger partial charge on any atom is 0.233 e. The molecule has 2 heterocycles. The summed E-state index contributed by atoms with van der Waals surface area (Å²) in [6.45, 7) is 1.91. The van der Waals surface area contributed by atoms with Crippen LogP contribution in [0.3, 0.4) is 0 Å². The van der Waals surface area contributed by atoms with E-state index < -0.39 is 0 Å². The Morgan fingerprint density at radius 2 is 1.77 bits per heavy atom. The van der Waals surface area contributed by atoms with Gasteiger partial charge >= 0.3 is 0 Å². The Kier molecular flexibility index (Phi) is 4.77. The highest BCUT2D eigenvalue weighted by Crippen LogP contribution is 2.49. The Labute approximate surface area is 180 Å². The van der Waals surface area contributed by atoms with Crippen LogP contribution in [0.1, 0.15) is 47.1 Å². The fraction of sp³-hybridized carbons (Fsp3) is 0.280. The highest BCUT2D eigenvalue weighted by atomic mass is 16.5. The van der Waals surface area contributed by atoms with Crippen LogP contribution in [-0.2, 0) is 4.79 Å². The third-order valence-corrected chi connectivity index (χ3v) is 6.27. The van der Waals surface area contributed by atoms with Crippen molar-refractivity contribution in [2.75, 3.05) is 19.5 Å². The lowest BCUT2D eigenvalue weighted by Gasteiger charge is -2.34. The zero-order valence-corrected chi connectivity index (χ0v) is 17.8. The van der Waals surface area contributed by atoms with E-state index in [0.717, 1.165) is 34.5 Å². The number of aromatic nitrogens is 1. The van der Waals surface area contributed by atoms with Gasteiger partial charge in [-0.05, 0) is 42.5 Å². The maximum atomic E-state index is 13.5. The molecule has 2 aromatic carbocycles. The van der Waals surface area contributed by atoms with Gasteiger partial charge in [0.25, 0.3) is 0 Å². The third kappa shape index (κ3) is 3.19. The predicted molar refractivity (Wildman–Crippen MR) is 117 cm³/mol. The van der Waals surface area contributed by atoms with Crippen LogP contribution < -0.4 is 14.8 Å². The van der Waals surface area contributed by atoms with Gasteiger partial charge in [-0.15, -0.1) is 0 Å². The van der Waals surface area contributed by atoms with Gasteiger partial charge in [-0.25, -0.2) is 0 Å². The van der Waals surface area contributed by atoms with Gasteiger partial charge in [-0.3, -0.25) is 4.79 Å². The largest absolute Gasteiger partial charge is 0.493 e. The fourth-order valence-electron chi connectivity index (χ4n) is 4.80. The summed E-state index contributed by atoms with van der Waals surface area (Å²) in [7, 11) is 3.22. The third-order valence-electron chi connectivity index (χ3n) is 6.27. The van der Waals surface area contributed by atoms with Gasteiger partial charge < -0.3 is 19.3 Å². The molecule has 6 nitrogen and oxygen atoms in total. The van der Waals surface area contributed by atoms with E-state index in [1.165, 1.54) is 5.56 Å². The highest BCUT2D eigenvalue weighted by molar-refractivity contribution is 6.01. The van der Waals surface area contributed by atoms with E-state index in [4.69, 9.17) is 14.0 Å². The number of nitrogens with one attached hydrogen (secondary N) is 1. The van der Waals surface area contributed by atoms with Crippen molar-refractivity contribution < 1.29 is 18.8 Å². The van der Waals surface area contributed by atoms with Crippen molar-refractivity contribution in [3.05, 3.63) is 82.2 Å². The topological polar surface area (TPSA) is 73.6 Å². The molecule has 2 aliphatic rings. The zero-order valence-electron chi connectivity index (χ0n) is 17.8. The molecule has 158 valence electrons. The summed E-state index contributed by atoms with van der Waals surface area (Å²) >= 11 is 0. The first-order chi connectivity index (χ1) is 15.1.